The number of halogens is 3. The standard InChI is InChI=1S/C8H3BrFIS/c9-8-4-3-7(11)12-6(4)2-1-5(8)10/h1-3H. The Bertz CT molecular complexity index is 438. The van der Waals surface area contributed by atoms with Crippen LogP contribution in [0.2, 0.25) is 0 Å². The topological polar surface area (TPSA) is 0 Å². The van der Waals surface area contributed by atoms with Crippen LogP contribution in [0.25, 0.3) is 10.1 Å². The fourth-order valence-corrected chi connectivity index (χ4v) is 3.43. The van der Waals surface area contributed by atoms with E-state index in [9.17, 15) is 4.39 Å². The molecular formula is C8H3BrFIS. The Balaban J connectivity index is 2.89. The van der Waals surface area contributed by atoms with Gasteiger partial charge in [-0.15, -0.1) is 11.3 Å². The van der Waals surface area contributed by atoms with Gasteiger partial charge < -0.3 is 0 Å². The minimum Gasteiger partial charge on any atom is -0.206 e. The molecule has 0 radical (unpaired) electrons. The van der Waals surface area contributed by atoms with Gasteiger partial charge >= 0.3 is 0 Å². The molecule has 2 aromatic rings. The van der Waals surface area contributed by atoms with Crippen molar-refractivity contribution in [1.82, 2.24) is 0 Å². The highest BCUT2D eigenvalue weighted by atomic mass is 127. The average molecular weight is 357 g/mol. The van der Waals surface area contributed by atoms with Gasteiger partial charge in [0.1, 0.15) is 5.82 Å². The van der Waals surface area contributed by atoms with Gasteiger partial charge in [0.15, 0.2) is 0 Å². The smallest absolute Gasteiger partial charge is 0.138 e. The largest absolute Gasteiger partial charge is 0.206 e. The molecule has 1 aromatic carbocycles. The summed E-state index contributed by atoms with van der Waals surface area (Å²) in [7, 11) is 0. The summed E-state index contributed by atoms with van der Waals surface area (Å²) in [6, 6.07) is 5.27. The highest BCUT2D eigenvalue weighted by molar-refractivity contribution is 14.1. The molecule has 1 aromatic heterocycles. The van der Waals surface area contributed by atoms with Gasteiger partial charge in [0, 0.05) is 10.1 Å². The van der Waals surface area contributed by atoms with Gasteiger partial charge in [-0.05, 0) is 56.7 Å². The predicted molar refractivity (Wildman–Crippen MR) is 62.2 cm³/mol. The Morgan fingerprint density at radius 2 is 2.17 bits per heavy atom. The van der Waals surface area contributed by atoms with E-state index in [0.29, 0.717) is 4.47 Å². The van der Waals surface area contributed by atoms with Crippen LogP contribution in [-0.4, -0.2) is 0 Å². The maximum atomic E-state index is 13.0. The fourth-order valence-electron chi connectivity index (χ4n) is 1.02. The zero-order valence-electron chi connectivity index (χ0n) is 5.77. The average Bonchev–Trinajstić information content (AvgIpc) is 2.39. The lowest BCUT2D eigenvalue weighted by atomic mass is 10.3. The molecule has 0 N–H and O–H groups in total. The maximum Gasteiger partial charge on any atom is 0.138 e. The van der Waals surface area contributed by atoms with E-state index in [0.717, 1.165) is 10.1 Å². The van der Waals surface area contributed by atoms with E-state index in [1.807, 2.05) is 12.1 Å². The van der Waals surface area contributed by atoms with Crippen molar-refractivity contribution in [2.24, 2.45) is 0 Å². The van der Waals surface area contributed by atoms with Crippen molar-refractivity contribution in [1.29, 1.82) is 0 Å². The zero-order chi connectivity index (χ0) is 8.72. The lowest BCUT2D eigenvalue weighted by molar-refractivity contribution is 0.623. The van der Waals surface area contributed by atoms with Crippen molar-refractivity contribution in [3.8, 4) is 0 Å². The highest BCUT2D eigenvalue weighted by Crippen LogP contribution is 2.33. The molecule has 0 amide bonds. The number of fused-ring (bicyclic) bond motifs is 1. The van der Waals surface area contributed by atoms with Gasteiger partial charge in [-0.2, -0.15) is 0 Å². The molecule has 0 spiro atoms. The van der Waals surface area contributed by atoms with Gasteiger partial charge in [0.25, 0.3) is 0 Å². The van der Waals surface area contributed by atoms with E-state index in [-0.39, 0.29) is 5.82 Å². The first-order valence-corrected chi connectivity index (χ1v) is 5.90. The summed E-state index contributed by atoms with van der Waals surface area (Å²) in [4.78, 5) is 0. The van der Waals surface area contributed by atoms with Crippen LogP contribution in [-0.2, 0) is 0 Å². The van der Waals surface area contributed by atoms with Crippen molar-refractivity contribution in [2.45, 2.75) is 0 Å². The van der Waals surface area contributed by atoms with Crippen LogP contribution < -0.4 is 0 Å². The van der Waals surface area contributed by atoms with Crippen molar-refractivity contribution >= 4 is 59.9 Å². The summed E-state index contributed by atoms with van der Waals surface area (Å²) >= 11 is 7.12. The summed E-state index contributed by atoms with van der Waals surface area (Å²) in [5.41, 5.74) is 0. The van der Waals surface area contributed by atoms with Gasteiger partial charge in [0.2, 0.25) is 0 Å². The van der Waals surface area contributed by atoms with Crippen molar-refractivity contribution < 1.29 is 4.39 Å². The molecule has 0 unspecified atom stereocenters. The third kappa shape index (κ3) is 1.40. The molecule has 0 atom stereocenters. The van der Waals surface area contributed by atoms with E-state index in [4.69, 9.17) is 0 Å². The predicted octanol–water partition coefficient (Wildman–Crippen LogP) is 4.41. The van der Waals surface area contributed by atoms with Crippen LogP contribution in [0, 0.1) is 8.70 Å². The van der Waals surface area contributed by atoms with Crippen LogP contribution in [0.5, 0.6) is 0 Å². The molecule has 1 heterocycles. The normalized spacial score (nSPS) is 10.9. The van der Waals surface area contributed by atoms with Crippen LogP contribution in [0.15, 0.2) is 22.7 Å². The number of hydrogen-bond donors (Lipinski definition) is 0. The molecular weight excluding hydrogens is 354 g/mol. The highest BCUT2D eigenvalue weighted by Gasteiger charge is 2.06. The van der Waals surface area contributed by atoms with Crippen LogP contribution in [0.4, 0.5) is 4.39 Å². The Morgan fingerprint density at radius 1 is 1.42 bits per heavy atom. The van der Waals surface area contributed by atoms with Gasteiger partial charge in [-0.3, -0.25) is 0 Å². The van der Waals surface area contributed by atoms with Crippen LogP contribution >= 0.6 is 49.9 Å². The second-order valence-electron chi connectivity index (χ2n) is 2.32. The molecule has 0 aliphatic carbocycles. The monoisotopic (exact) mass is 356 g/mol. The summed E-state index contributed by atoms with van der Waals surface area (Å²) in [6.45, 7) is 0. The third-order valence-corrected chi connectivity index (χ3v) is 4.22. The Kier molecular flexibility index (Phi) is 2.39. The lowest BCUT2D eigenvalue weighted by Gasteiger charge is -1.94. The number of rotatable bonds is 0. The first-order chi connectivity index (χ1) is 5.68. The minimum atomic E-state index is -0.197. The summed E-state index contributed by atoms with van der Waals surface area (Å²) in [5, 5.41) is 0.962. The van der Waals surface area contributed by atoms with E-state index in [1.54, 1.807) is 11.3 Å². The molecule has 0 fully saturated rings. The van der Waals surface area contributed by atoms with E-state index in [2.05, 4.69) is 38.5 Å². The summed E-state index contributed by atoms with van der Waals surface area (Å²) in [5.74, 6) is -0.197. The van der Waals surface area contributed by atoms with E-state index < -0.39 is 0 Å². The van der Waals surface area contributed by atoms with Crippen molar-refractivity contribution in [2.75, 3.05) is 0 Å². The molecule has 0 saturated carbocycles. The number of hydrogen-bond acceptors (Lipinski definition) is 1. The molecule has 0 aliphatic heterocycles. The minimum absolute atomic E-state index is 0.197. The van der Waals surface area contributed by atoms with Crippen molar-refractivity contribution in [3.63, 3.8) is 0 Å². The molecule has 2 rings (SSSR count). The quantitative estimate of drug-likeness (QED) is 0.613. The Morgan fingerprint density at radius 3 is 2.92 bits per heavy atom. The molecule has 0 saturated heterocycles. The van der Waals surface area contributed by atoms with E-state index in [1.165, 1.54) is 8.95 Å². The zero-order valence-corrected chi connectivity index (χ0v) is 10.3. The summed E-state index contributed by atoms with van der Waals surface area (Å²) < 4.78 is 15.9. The molecule has 0 aliphatic rings. The number of benzene rings is 1. The first-order valence-electron chi connectivity index (χ1n) is 3.21. The van der Waals surface area contributed by atoms with Crippen LogP contribution in [0.1, 0.15) is 0 Å². The molecule has 0 nitrogen and oxygen atoms in total. The molecule has 62 valence electrons. The molecule has 4 heteroatoms. The maximum absolute atomic E-state index is 13.0. The second kappa shape index (κ2) is 3.23. The van der Waals surface area contributed by atoms with Crippen molar-refractivity contribution in [3.05, 3.63) is 31.4 Å². The first kappa shape index (κ1) is 8.90. The second-order valence-corrected chi connectivity index (χ2v) is 6.09. The SMILES string of the molecule is Fc1ccc2sc(I)cc2c1Br. The van der Waals surface area contributed by atoms with E-state index >= 15 is 0 Å². The van der Waals surface area contributed by atoms with Gasteiger partial charge in [-0.1, -0.05) is 0 Å². The molecule has 0 bridgehead atoms. The van der Waals surface area contributed by atoms with Crippen LogP contribution in [0.3, 0.4) is 0 Å². The summed E-state index contributed by atoms with van der Waals surface area (Å²) in [6.07, 6.45) is 0. The van der Waals surface area contributed by atoms with Gasteiger partial charge in [-0.25, -0.2) is 4.39 Å². The fraction of sp³-hybridized carbons (Fsp3) is 0. The Hall–Kier alpha value is 0.320. The Labute approximate surface area is 95.0 Å². The molecule has 12 heavy (non-hydrogen) atoms. The van der Waals surface area contributed by atoms with Gasteiger partial charge in [0.05, 0.1) is 7.36 Å². The third-order valence-electron chi connectivity index (χ3n) is 1.56. The number of thiophene rings is 1. The lowest BCUT2D eigenvalue weighted by Crippen LogP contribution is -1.74.